The number of hydrogen-bond acceptors (Lipinski definition) is 4. The van der Waals surface area contributed by atoms with Crippen molar-refractivity contribution in [2.75, 3.05) is 5.32 Å². The van der Waals surface area contributed by atoms with E-state index in [1.54, 1.807) is 17.5 Å². The Bertz CT molecular complexity index is 380. The van der Waals surface area contributed by atoms with Gasteiger partial charge in [0.15, 0.2) is 5.13 Å². The number of benzene rings is 1. The molecule has 4 heteroatoms. The van der Waals surface area contributed by atoms with E-state index in [9.17, 15) is 0 Å². The van der Waals surface area contributed by atoms with E-state index in [1.165, 1.54) is 0 Å². The number of aromatic nitrogens is 1. The number of thiazole rings is 1. The lowest BCUT2D eigenvalue weighted by molar-refractivity contribution is 1.07. The van der Waals surface area contributed by atoms with Gasteiger partial charge in [0.1, 0.15) is 0 Å². The molecule has 14 heavy (non-hydrogen) atoms. The Kier molecular flexibility index (Phi) is 2.76. The van der Waals surface area contributed by atoms with Crippen molar-refractivity contribution in [1.29, 1.82) is 0 Å². The largest absolute Gasteiger partial charge is 0.332 e. The Morgan fingerprint density at radius 1 is 1.29 bits per heavy atom. The first-order valence-corrected chi connectivity index (χ1v) is 5.22. The molecule has 1 aromatic heterocycles. The highest BCUT2D eigenvalue weighted by Crippen LogP contribution is 2.18. The third kappa shape index (κ3) is 2.10. The third-order valence-electron chi connectivity index (χ3n) is 1.87. The average Bonchev–Trinajstić information content (AvgIpc) is 2.72. The van der Waals surface area contributed by atoms with Gasteiger partial charge in [-0.25, -0.2) is 4.98 Å². The molecule has 0 unspecified atom stereocenters. The Labute approximate surface area is 86.6 Å². The fourth-order valence-electron chi connectivity index (χ4n) is 1.13. The first-order valence-electron chi connectivity index (χ1n) is 4.34. The summed E-state index contributed by atoms with van der Waals surface area (Å²) in [7, 11) is 0. The Morgan fingerprint density at radius 2 is 2.07 bits per heavy atom. The van der Waals surface area contributed by atoms with E-state index in [-0.39, 0.29) is 0 Å². The minimum absolute atomic E-state index is 0.581. The van der Waals surface area contributed by atoms with Gasteiger partial charge in [-0.3, -0.25) is 0 Å². The molecular weight excluding hydrogens is 194 g/mol. The van der Waals surface area contributed by atoms with Crippen molar-refractivity contribution in [1.82, 2.24) is 4.98 Å². The number of rotatable bonds is 3. The van der Waals surface area contributed by atoms with Gasteiger partial charge in [0.25, 0.3) is 0 Å². The summed E-state index contributed by atoms with van der Waals surface area (Å²) >= 11 is 1.58. The number of anilines is 2. The quantitative estimate of drug-likeness (QED) is 0.808. The van der Waals surface area contributed by atoms with Crippen LogP contribution in [0.1, 0.15) is 5.56 Å². The van der Waals surface area contributed by atoms with Gasteiger partial charge in [0.2, 0.25) is 0 Å². The SMILES string of the molecule is NCc1ccc(Nc2nccs2)cc1. The normalized spacial score (nSPS) is 10.1. The lowest BCUT2D eigenvalue weighted by Crippen LogP contribution is -1.96. The fraction of sp³-hybridized carbons (Fsp3) is 0.100. The van der Waals surface area contributed by atoms with Crippen LogP contribution >= 0.6 is 11.3 Å². The monoisotopic (exact) mass is 205 g/mol. The highest BCUT2D eigenvalue weighted by atomic mass is 32.1. The zero-order valence-corrected chi connectivity index (χ0v) is 8.42. The van der Waals surface area contributed by atoms with Crippen molar-refractivity contribution < 1.29 is 0 Å². The minimum Gasteiger partial charge on any atom is -0.332 e. The van der Waals surface area contributed by atoms with Crippen molar-refractivity contribution >= 4 is 22.2 Å². The zero-order chi connectivity index (χ0) is 9.80. The van der Waals surface area contributed by atoms with Gasteiger partial charge in [-0.1, -0.05) is 12.1 Å². The molecule has 0 aliphatic heterocycles. The molecular formula is C10H11N3S. The van der Waals surface area contributed by atoms with Crippen molar-refractivity contribution in [2.45, 2.75) is 6.54 Å². The van der Waals surface area contributed by atoms with Gasteiger partial charge in [-0.15, -0.1) is 11.3 Å². The zero-order valence-electron chi connectivity index (χ0n) is 7.60. The van der Waals surface area contributed by atoms with Crippen molar-refractivity contribution in [3.63, 3.8) is 0 Å². The Balaban J connectivity index is 2.10. The third-order valence-corrected chi connectivity index (χ3v) is 2.56. The maximum absolute atomic E-state index is 5.51. The second-order valence-corrected chi connectivity index (χ2v) is 3.76. The second kappa shape index (κ2) is 4.21. The van der Waals surface area contributed by atoms with E-state index in [4.69, 9.17) is 5.73 Å². The molecule has 0 fully saturated rings. The maximum atomic E-state index is 5.51. The molecule has 3 N–H and O–H groups in total. The molecule has 0 atom stereocenters. The van der Waals surface area contributed by atoms with E-state index in [2.05, 4.69) is 10.3 Å². The Hall–Kier alpha value is -1.39. The van der Waals surface area contributed by atoms with Crippen LogP contribution < -0.4 is 11.1 Å². The molecule has 1 heterocycles. The molecule has 0 bridgehead atoms. The number of hydrogen-bond donors (Lipinski definition) is 2. The molecule has 1 aromatic carbocycles. The van der Waals surface area contributed by atoms with Gasteiger partial charge >= 0.3 is 0 Å². The van der Waals surface area contributed by atoms with Crippen LogP contribution in [0.2, 0.25) is 0 Å². The summed E-state index contributed by atoms with van der Waals surface area (Å²) in [6, 6.07) is 8.03. The number of nitrogens with zero attached hydrogens (tertiary/aromatic N) is 1. The number of nitrogens with one attached hydrogen (secondary N) is 1. The van der Waals surface area contributed by atoms with E-state index < -0.39 is 0 Å². The summed E-state index contributed by atoms with van der Waals surface area (Å²) in [4.78, 5) is 4.14. The van der Waals surface area contributed by atoms with E-state index >= 15 is 0 Å². The van der Waals surface area contributed by atoms with Gasteiger partial charge < -0.3 is 11.1 Å². The predicted molar refractivity (Wildman–Crippen MR) is 59.7 cm³/mol. The lowest BCUT2D eigenvalue weighted by Gasteiger charge is -2.02. The molecule has 0 aliphatic rings. The molecule has 0 radical (unpaired) electrons. The first kappa shape index (κ1) is 9.18. The van der Waals surface area contributed by atoms with Crippen LogP contribution in [0, 0.1) is 0 Å². The van der Waals surface area contributed by atoms with Crippen LogP contribution in [0.15, 0.2) is 35.8 Å². The summed E-state index contributed by atoms with van der Waals surface area (Å²) < 4.78 is 0. The van der Waals surface area contributed by atoms with Gasteiger partial charge in [-0.05, 0) is 17.7 Å². The first-order chi connectivity index (χ1) is 6.88. The van der Waals surface area contributed by atoms with E-state index in [1.807, 2.05) is 29.6 Å². The molecule has 0 saturated carbocycles. The summed E-state index contributed by atoms with van der Waals surface area (Å²) in [5.74, 6) is 0. The van der Waals surface area contributed by atoms with Crippen molar-refractivity contribution in [3.05, 3.63) is 41.4 Å². The van der Waals surface area contributed by atoms with Crippen LogP contribution in [0.25, 0.3) is 0 Å². The van der Waals surface area contributed by atoms with Crippen LogP contribution in [0.4, 0.5) is 10.8 Å². The second-order valence-electron chi connectivity index (χ2n) is 2.86. The summed E-state index contributed by atoms with van der Waals surface area (Å²) in [5, 5.41) is 6.05. The lowest BCUT2D eigenvalue weighted by atomic mass is 10.2. The molecule has 0 aliphatic carbocycles. The summed E-state index contributed by atoms with van der Waals surface area (Å²) in [6.07, 6.45) is 1.78. The van der Waals surface area contributed by atoms with Gasteiger partial charge in [0.05, 0.1) is 0 Å². The minimum atomic E-state index is 0.581. The topological polar surface area (TPSA) is 50.9 Å². The molecule has 0 amide bonds. The van der Waals surface area contributed by atoms with Gasteiger partial charge in [-0.2, -0.15) is 0 Å². The van der Waals surface area contributed by atoms with Crippen LogP contribution in [0.3, 0.4) is 0 Å². The van der Waals surface area contributed by atoms with Crippen molar-refractivity contribution in [2.24, 2.45) is 5.73 Å². The van der Waals surface area contributed by atoms with Crippen LogP contribution in [-0.4, -0.2) is 4.98 Å². The van der Waals surface area contributed by atoms with E-state index in [0.717, 1.165) is 16.4 Å². The summed E-state index contributed by atoms with van der Waals surface area (Å²) in [5.41, 5.74) is 7.68. The molecule has 2 rings (SSSR count). The average molecular weight is 205 g/mol. The molecule has 3 nitrogen and oxygen atoms in total. The molecule has 0 saturated heterocycles. The maximum Gasteiger partial charge on any atom is 0.187 e. The van der Waals surface area contributed by atoms with E-state index in [0.29, 0.717) is 6.54 Å². The summed E-state index contributed by atoms with van der Waals surface area (Å²) in [6.45, 7) is 0.581. The van der Waals surface area contributed by atoms with Gasteiger partial charge in [0, 0.05) is 23.8 Å². The molecule has 0 spiro atoms. The van der Waals surface area contributed by atoms with Crippen LogP contribution in [-0.2, 0) is 6.54 Å². The standard InChI is InChI=1S/C10H11N3S/c11-7-8-1-3-9(4-2-8)13-10-12-5-6-14-10/h1-6H,7,11H2,(H,12,13). The highest BCUT2D eigenvalue weighted by molar-refractivity contribution is 7.13. The highest BCUT2D eigenvalue weighted by Gasteiger charge is 1.95. The van der Waals surface area contributed by atoms with Crippen molar-refractivity contribution in [3.8, 4) is 0 Å². The smallest absolute Gasteiger partial charge is 0.187 e. The molecule has 2 aromatic rings. The Morgan fingerprint density at radius 3 is 2.64 bits per heavy atom. The van der Waals surface area contributed by atoms with Crippen LogP contribution in [0.5, 0.6) is 0 Å². The number of nitrogens with two attached hydrogens (primary N) is 1. The predicted octanol–water partition coefficient (Wildman–Crippen LogP) is 2.35. The fourth-order valence-corrected chi connectivity index (χ4v) is 1.68. The molecule has 72 valence electrons.